The van der Waals surface area contributed by atoms with Gasteiger partial charge in [-0.2, -0.15) is 0 Å². The van der Waals surface area contributed by atoms with Gasteiger partial charge in [0.05, 0.1) is 23.6 Å². The summed E-state index contributed by atoms with van der Waals surface area (Å²) in [5, 5.41) is 3.84. The molecule has 2 aromatic rings. The third kappa shape index (κ3) is 3.21. The molecule has 112 valence electrons. The van der Waals surface area contributed by atoms with Crippen molar-refractivity contribution in [2.24, 2.45) is 0 Å². The molecule has 2 N–H and O–H groups in total. The van der Waals surface area contributed by atoms with Crippen LogP contribution < -0.4 is 10.0 Å². The van der Waals surface area contributed by atoms with Gasteiger partial charge in [0, 0.05) is 30.7 Å². The second-order valence-electron chi connectivity index (χ2n) is 4.90. The van der Waals surface area contributed by atoms with E-state index in [9.17, 15) is 8.42 Å². The van der Waals surface area contributed by atoms with E-state index in [1.165, 1.54) is 0 Å². The molecule has 1 aliphatic heterocycles. The normalized spacial score (nSPS) is 19.7. The molecule has 1 atom stereocenters. The summed E-state index contributed by atoms with van der Waals surface area (Å²) in [4.78, 5) is 4.44. The summed E-state index contributed by atoms with van der Waals surface area (Å²) in [7, 11) is -3.57. The number of pyridine rings is 1. The van der Waals surface area contributed by atoms with Crippen molar-refractivity contribution in [3.8, 4) is 0 Å². The Morgan fingerprint density at radius 1 is 1.33 bits per heavy atom. The molecular formula is C14H17N3O3S. The first-order valence-corrected chi connectivity index (χ1v) is 8.30. The Hall–Kier alpha value is -1.54. The smallest absolute Gasteiger partial charge is 0.241 e. The van der Waals surface area contributed by atoms with E-state index >= 15 is 0 Å². The average molecular weight is 307 g/mol. The fourth-order valence-electron chi connectivity index (χ4n) is 2.35. The summed E-state index contributed by atoms with van der Waals surface area (Å²) in [5.74, 6) is 0. The minimum Gasteiger partial charge on any atom is -0.378 e. The molecule has 1 saturated heterocycles. The van der Waals surface area contributed by atoms with E-state index in [1.807, 2.05) is 0 Å². The Labute approximate surface area is 123 Å². The van der Waals surface area contributed by atoms with Crippen molar-refractivity contribution in [3.63, 3.8) is 0 Å². The Kier molecular flexibility index (Phi) is 4.16. The molecule has 1 unspecified atom stereocenters. The number of ether oxygens (including phenoxy) is 1. The zero-order chi connectivity index (χ0) is 14.7. The first-order valence-electron chi connectivity index (χ1n) is 6.81. The SMILES string of the molecule is O=S(=O)(NCC1COCCN1)c1cccc2ncccc12. The van der Waals surface area contributed by atoms with Crippen molar-refractivity contribution < 1.29 is 13.2 Å². The lowest BCUT2D eigenvalue weighted by Crippen LogP contribution is -2.48. The minimum atomic E-state index is -3.57. The minimum absolute atomic E-state index is 0.00151. The molecule has 0 saturated carbocycles. The van der Waals surface area contributed by atoms with E-state index in [2.05, 4.69) is 15.0 Å². The molecule has 0 radical (unpaired) electrons. The van der Waals surface area contributed by atoms with Crippen LogP contribution in [0.25, 0.3) is 10.9 Å². The Morgan fingerprint density at radius 3 is 3.05 bits per heavy atom. The molecule has 0 aliphatic carbocycles. The summed E-state index contributed by atoms with van der Waals surface area (Å²) in [5.41, 5.74) is 0.666. The van der Waals surface area contributed by atoms with Gasteiger partial charge in [-0.05, 0) is 24.3 Å². The van der Waals surface area contributed by atoms with Gasteiger partial charge in [0.15, 0.2) is 0 Å². The van der Waals surface area contributed by atoms with Crippen molar-refractivity contribution in [2.45, 2.75) is 10.9 Å². The zero-order valence-corrected chi connectivity index (χ0v) is 12.3. The second kappa shape index (κ2) is 6.07. The van der Waals surface area contributed by atoms with Crippen LogP contribution in [-0.4, -0.2) is 45.7 Å². The molecular weight excluding hydrogens is 290 g/mol. The predicted octanol–water partition coefficient (Wildman–Crippen LogP) is 0.502. The number of fused-ring (bicyclic) bond motifs is 1. The first-order chi connectivity index (χ1) is 10.2. The third-order valence-electron chi connectivity index (χ3n) is 3.41. The lowest BCUT2D eigenvalue weighted by molar-refractivity contribution is 0.0784. The number of hydrogen-bond acceptors (Lipinski definition) is 5. The molecule has 21 heavy (non-hydrogen) atoms. The topological polar surface area (TPSA) is 80.3 Å². The van der Waals surface area contributed by atoms with Crippen LogP contribution in [0.5, 0.6) is 0 Å². The van der Waals surface area contributed by atoms with Crippen LogP contribution in [0, 0.1) is 0 Å². The number of aromatic nitrogens is 1. The standard InChI is InChI=1S/C14H17N3O3S/c18-21(19,17-9-11-10-20-8-7-15-11)14-5-1-4-13-12(14)3-2-6-16-13/h1-6,11,15,17H,7-10H2. The first kappa shape index (κ1) is 14.4. The van der Waals surface area contributed by atoms with Crippen molar-refractivity contribution in [1.82, 2.24) is 15.0 Å². The zero-order valence-electron chi connectivity index (χ0n) is 11.5. The molecule has 1 aliphatic rings. The molecule has 3 rings (SSSR count). The number of benzene rings is 1. The van der Waals surface area contributed by atoms with Crippen molar-refractivity contribution >= 4 is 20.9 Å². The van der Waals surface area contributed by atoms with Gasteiger partial charge >= 0.3 is 0 Å². The Balaban J connectivity index is 1.83. The van der Waals surface area contributed by atoms with Crippen molar-refractivity contribution in [1.29, 1.82) is 0 Å². The average Bonchev–Trinajstić information content (AvgIpc) is 2.53. The summed E-state index contributed by atoms with van der Waals surface area (Å²) >= 11 is 0. The van der Waals surface area contributed by atoms with Crippen molar-refractivity contribution in [2.75, 3.05) is 26.3 Å². The number of sulfonamides is 1. The van der Waals surface area contributed by atoms with Crippen LogP contribution in [0.2, 0.25) is 0 Å². The van der Waals surface area contributed by atoms with Gasteiger partial charge in [0.2, 0.25) is 10.0 Å². The highest BCUT2D eigenvalue weighted by Gasteiger charge is 2.20. The highest BCUT2D eigenvalue weighted by Crippen LogP contribution is 2.20. The predicted molar refractivity (Wildman–Crippen MR) is 79.5 cm³/mol. The van der Waals surface area contributed by atoms with E-state index in [-0.39, 0.29) is 10.9 Å². The number of morpholine rings is 1. The maximum Gasteiger partial charge on any atom is 0.241 e. The van der Waals surface area contributed by atoms with Gasteiger partial charge in [-0.25, -0.2) is 13.1 Å². The molecule has 0 spiro atoms. The molecule has 7 heteroatoms. The largest absolute Gasteiger partial charge is 0.378 e. The van der Waals surface area contributed by atoms with Crippen LogP contribution in [0.4, 0.5) is 0 Å². The maximum absolute atomic E-state index is 12.5. The number of nitrogens with zero attached hydrogens (tertiary/aromatic N) is 1. The van der Waals surface area contributed by atoms with Gasteiger partial charge < -0.3 is 10.1 Å². The molecule has 0 bridgehead atoms. The number of nitrogens with one attached hydrogen (secondary N) is 2. The van der Waals surface area contributed by atoms with Gasteiger partial charge in [-0.1, -0.05) is 6.07 Å². The van der Waals surface area contributed by atoms with Crippen LogP contribution >= 0.6 is 0 Å². The van der Waals surface area contributed by atoms with Crippen LogP contribution in [0.1, 0.15) is 0 Å². The van der Waals surface area contributed by atoms with E-state index in [4.69, 9.17) is 4.74 Å². The molecule has 0 amide bonds. The van der Waals surface area contributed by atoms with E-state index < -0.39 is 10.0 Å². The fourth-order valence-corrected chi connectivity index (χ4v) is 3.64. The highest BCUT2D eigenvalue weighted by atomic mass is 32.2. The Morgan fingerprint density at radius 2 is 2.24 bits per heavy atom. The summed E-state index contributed by atoms with van der Waals surface area (Å²) in [6, 6.07) is 8.59. The van der Waals surface area contributed by atoms with Crippen LogP contribution in [0.15, 0.2) is 41.4 Å². The second-order valence-corrected chi connectivity index (χ2v) is 6.64. The number of rotatable bonds is 4. The van der Waals surface area contributed by atoms with E-state index in [0.29, 0.717) is 30.7 Å². The summed E-state index contributed by atoms with van der Waals surface area (Å²) < 4.78 is 32.9. The monoisotopic (exact) mass is 307 g/mol. The lowest BCUT2D eigenvalue weighted by atomic mass is 10.2. The lowest BCUT2D eigenvalue weighted by Gasteiger charge is -2.24. The maximum atomic E-state index is 12.5. The molecule has 6 nitrogen and oxygen atoms in total. The Bertz CT molecular complexity index is 722. The molecule has 1 fully saturated rings. The van der Waals surface area contributed by atoms with Crippen LogP contribution in [0.3, 0.4) is 0 Å². The summed E-state index contributed by atoms with van der Waals surface area (Å²) in [6.07, 6.45) is 1.65. The van der Waals surface area contributed by atoms with Gasteiger partial charge in [-0.15, -0.1) is 0 Å². The fraction of sp³-hybridized carbons (Fsp3) is 0.357. The van der Waals surface area contributed by atoms with Crippen LogP contribution in [-0.2, 0) is 14.8 Å². The molecule has 2 heterocycles. The molecule has 1 aromatic carbocycles. The molecule has 1 aromatic heterocycles. The quantitative estimate of drug-likeness (QED) is 0.860. The summed E-state index contributed by atoms with van der Waals surface area (Å²) in [6.45, 7) is 2.22. The van der Waals surface area contributed by atoms with E-state index in [0.717, 1.165) is 6.54 Å². The third-order valence-corrected chi connectivity index (χ3v) is 4.90. The van der Waals surface area contributed by atoms with Gasteiger partial charge in [0.1, 0.15) is 0 Å². The van der Waals surface area contributed by atoms with Gasteiger partial charge in [-0.3, -0.25) is 4.98 Å². The van der Waals surface area contributed by atoms with E-state index in [1.54, 1.807) is 36.5 Å². The van der Waals surface area contributed by atoms with Gasteiger partial charge in [0.25, 0.3) is 0 Å². The number of hydrogen-bond donors (Lipinski definition) is 2. The highest BCUT2D eigenvalue weighted by molar-refractivity contribution is 7.89. The van der Waals surface area contributed by atoms with Crippen molar-refractivity contribution in [3.05, 3.63) is 36.5 Å².